The molecule has 0 radical (unpaired) electrons. The summed E-state index contributed by atoms with van der Waals surface area (Å²) in [6.45, 7) is 3.48. The molecule has 1 N–H and O–H groups in total. The van der Waals surface area contributed by atoms with Gasteiger partial charge in [-0.05, 0) is 44.2 Å². The van der Waals surface area contributed by atoms with Gasteiger partial charge in [0.1, 0.15) is 18.7 Å². The van der Waals surface area contributed by atoms with Crippen molar-refractivity contribution < 1.29 is 9.18 Å². The van der Waals surface area contributed by atoms with E-state index in [0.29, 0.717) is 22.6 Å². The fraction of sp³-hybridized carbons (Fsp3) is 0.211. The Balaban J connectivity index is 1.66. The number of nitrogens with zero attached hydrogens (tertiary/aromatic N) is 4. The van der Waals surface area contributed by atoms with E-state index in [2.05, 4.69) is 20.3 Å². The first-order valence-electron chi connectivity index (χ1n) is 8.30. The van der Waals surface area contributed by atoms with E-state index < -0.39 is 0 Å². The first-order valence-corrected chi connectivity index (χ1v) is 8.30. The largest absolute Gasteiger partial charge is 0.349 e. The van der Waals surface area contributed by atoms with Gasteiger partial charge in [-0.1, -0.05) is 0 Å². The number of hydrogen-bond donors (Lipinski definition) is 1. The molecule has 0 aliphatic rings. The molecule has 0 spiro atoms. The molecule has 2 heterocycles. The lowest BCUT2D eigenvalue weighted by Gasteiger charge is -2.09. The summed E-state index contributed by atoms with van der Waals surface area (Å²) < 4.78 is 14.3. The van der Waals surface area contributed by atoms with Crippen molar-refractivity contribution >= 4 is 5.91 Å². The lowest BCUT2D eigenvalue weighted by molar-refractivity contribution is -0.121. The van der Waals surface area contributed by atoms with Gasteiger partial charge in [0, 0.05) is 16.8 Å². The van der Waals surface area contributed by atoms with Crippen molar-refractivity contribution in [3.63, 3.8) is 0 Å². The Hall–Kier alpha value is -3.42. The van der Waals surface area contributed by atoms with Gasteiger partial charge in [0.25, 0.3) is 5.56 Å². The predicted molar refractivity (Wildman–Crippen MR) is 97.2 cm³/mol. The zero-order valence-electron chi connectivity index (χ0n) is 14.9. The van der Waals surface area contributed by atoms with Crippen LogP contribution in [0.5, 0.6) is 0 Å². The summed E-state index contributed by atoms with van der Waals surface area (Å²) in [5.41, 5.74) is 2.90. The molecule has 2 aromatic heterocycles. The highest BCUT2D eigenvalue weighted by Gasteiger charge is 2.09. The van der Waals surface area contributed by atoms with Crippen LogP contribution in [-0.4, -0.2) is 25.4 Å². The minimum Gasteiger partial charge on any atom is -0.349 e. The highest BCUT2D eigenvalue weighted by atomic mass is 19.1. The monoisotopic (exact) mass is 367 g/mol. The van der Waals surface area contributed by atoms with Crippen LogP contribution in [0.4, 0.5) is 4.39 Å². The summed E-state index contributed by atoms with van der Waals surface area (Å²) in [4.78, 5) is 36.6. The number of nitrogens with one attached hydrogen (secondary N) is 1. The molecule has 0 aliphatic heterocycles. The molecule has 0 atom stereocenters. The predicted octanol–water partition coefficient (Wildman–Crippen LogP) is 1.77. The third-order valence-electron chi connectivity index (χ3n) is 4.16. The van der Waals surface area contributed by atoms with Gasteiger partial charge in [0.05, 0.1) is 24.3 Å². The van der Waals surface area contributed by atoms with Crippen LogP contribution in [0.2, 0.25) is 0 Å². The van der Waals surface area contributed by atoms with Gasteiger partial charge < -0.3 is 5.32 Å². The van der Waals surface area contributed by atoms with E-state index in [0.717, 1.165) is 5.56 Å². The topological polar surface area (TPSA) is 89.8 Å². The Morgan fingerprint density at radius 2 is 1.89 bits per heavy atom. The summed E-state index contributed by atoms with van der Waals surface area (Å²) in [6, 6.07) is 7.68. The summed E-state index contributed by atoms with van der Waals surface area (Å²) in [7, 11) is 0. The number of carbonyl (C=O) groups is 1. The van der Waals surface area contributed by atoms with E-state index in [1.165, 1.54) is 29.4 Å². The van der Waals surface area contributed by atoms with Crippen LogP contribution in [0, 0.1) is 19.7 Å². The van der Waals surface area contributed by atoms with Crippen molar-refractivity contribution in [3.8, 4) is 11.3 Å². The third kappa shape index (κ3) is 4.41. The molecule has 1 amide bonds. The lowest BCUT2D eigenvalue weighted by Crippen LogP contribution is -2.33. The molecule has 0 saturated carbocycles. The maximum atomic E-state index is 13.0. The number of amides is 1. The van der Waals surface area contributed by atoms with Gasteiger partial charge in [-0.3, -0.25) is 14.2 Å². The maximum Gasteiger partial charge on any atom is 0.256 e. The van der Waals surface area contributed by atoms with Crippen molar-refractivity contribution in [1.29, 1.82) is 0 Å². The summed E-state index contributed by atoms with van der Waals surface area (Å²) >= 11 is 0. The van der Waals surface area contributed by atoms with Crippen molar-refractivity contribution in [2.24, 2.45) is 0 Å². The van der Waals surface area contributed by atoms with Crippen LogP contribution in [-0.2, 0) is 17.9 Å². The standard InChI is InChI=1S/C19H18FN5O2/c1-12-13(2)24-11-25(19(12)27)9-18(26)21-8-16-7-17(23-10-22-16)14-3-5-15(20)6-4-14/h3-7,10-11H,8-9H2,1-2H3,(H,21,26). The number of benzene rings is 1. The molecule has 3 aromatic rings. The normalized spacial score (nSPS) is 10.6. The van der Waals surface area contributed by atoms with E-state index >= 15 is 0 Å². The molecular weight excluding hydrogens is 349 g/mol. The van der Waals surface area contributed by atoms with Crippen LogP contribution >= 0.6 is 0 Å². The Labute approximate surface area is 154 Å². The fourth-order valence-corrected chi connectivity index (χ4v) is 2.46. The number of aryl methyl sites for hydroxylation is 1. The van der Waals surface area contributed by atoms with E-state index in [4.69, 9.17) is 0 Å². The maximum absolute atomic E-state index is 13.0. The van der Waals surface area contributed by atoms with Gasteiger partial charge in [0.15, 0.2) is 0 Å². The SMILES string of the molecule is Cc1ncn(CC(=O)NCc2cc(-c3ccc(F)cc3)ncn2)c(=O)c1C. The van der Waals surface area contributed by atoms with Crippen LogP contribution in [0.15, 0.2) is 47.8 Å². The van der Waals surface area contributed by atoms with Crippen molar-refractivity contribution in [1.82, 2.24) is 24.8 Å². The molecule has 27 heavy (non-hydrogen) atoms. The molecule has 0 fully saturated rings. The van der Waals surface area contributed by atoms with Crippen molar-refractivity contribution in [2.45, 2.75) is 26.9 Å². The summed E-state index contributed by atoms with van der Waals surface area (Å²) in [6.07, 6.45) is 2.75. The van der Waals surface area contributed by atoms with Crippen LogP contribution < -0.4 is 10.9 Å². The fourth-order valence-electron chi connectivity index (χ4n) is 2.46. The molecule has 138 valence electrons. The highest BCUT2D eigenvalue weighted by Crippen LogP contribution is 2.17. The Morgan fingerprint density at radius 3 is 2.63 bits per heavy atom. The van der Waals surface area contributed by atoms with Gasteiger partial charge >= 0.3 is 0 Å². The quantitative estimate of drug-likeness (QED) is 0.742. The first kappa shape index (κ1) is 18.4. The number of hydrogen-bond acceptors (Lipinski definition) is 5. The van der Waals surface area contributed by atoms with E-state index in [-0.39, 0.29) is 30.4 Å². The van der Waals surface area contributed by atoms with Crippen LogP contribution in [0.25, 0.3) is 11.3 Å². The summed E-state index contributed by atoms with van der Waals surface area (Å²) in [5, 5.41) is 2.72. The van der Waals surface area contributed by atoms with Crippen molar-refractivity contribution in [2.75, 3.05) is 0 Å². The van der Waals surface area contributed by atoms with Gasteiger partial charge in [-0.15, -0.1) is 0 Å². The lowest BCUT2D eigenvalue weighted by atomic mass is 10.1. The van der Waals surface area contributed by atoms with Gasteiger partial charge in [-0.25, -0.2) is 19.3 Å². The minimum absolute atomic E-state index is 0.122. The number of aromatic nitrogens is 4. The Kier molecular flexibility index (Phi) is 5.35. The Morgan fingerprint density at radius 1 is 1.15 bits per heavy atom. The molecular formula is C19H18FN5O2. The number of carbonyl (C=O) groups excluding carboxylic acids is 1. The molecule has 3 rings (SSSR count). The van der Waals surface area contributed by atoms with E-state index in [1.54, 1.807) is 32.0 Å². The molecule has 7 nitrogen and oxygen atoms in total. The molecule has 0 saturated heterocycles. The Bertz CT molecular complexity index is 1030. The minimum atomic E-state index is -0.330. The summed E-state index contributed by atoms with van der Waals surface area (Å²) in [5.74, 6) is -0.652. The molecule has 1 aromatic carbocycles. The average Bonchev–Trinajstić information content (AvgIpc) is 2.68. The number of halogens is 1. The second-order valence-corrected chi connectivity index (χ2v) is 6.07. The second-order valence-electron chi connectivity index (χ2n) is 6.07. The third-order valence-corrected chi connectivity index (χ3v) is 4.16. The molecule has 8 heteroatoms. The first-order chi connectivity index (χ1) is 12.9. The average molecular weight is 367 g/mol. The van der Waals surface area contributed by atoms with Crippen molar-refractivity contribution in [3.05, 3.63) is 76.1 Å². The van der Waals surface area contributed by atoms with Gasteiger partial charge in [-0.2, -0.15) is 0 Å². The van der Waals surface area contributed by atoms with E-state index in [1.807, 2.05) is 0 Å². The number of rotatable bonds is 5. The van der Waals surface area contributed by atoms with Gasteiger partial charge in [0.2, 0.25) is 5.91 Å². The molecule has 0 aliphatic carbocycles. The smallest absolute Gasteiger partial charge is 0.256 e. The van der Waals surface area contributed by atoms with Crippen LogP contribution in [0.3, 0.4) is 0 Å². The van der Waals surface area contributed by atoms with E-state index in [9.17, 15) is 14.0 Å². The second kappa shape index (κ2) is 7.86. The molecule has 0 bridgehead atoms. The zero-order valence-corrected chi connectivity index (χ0v) is 14.9. The zero-order chi connectivity index (χ0) is 19.4. The van der Waals surface area contributed by atoms with Crippen LogP contribution in [0.1, 0.15) is 17.0 Å². The molecule has 0 unspecified atom stereocenters. The highest BCUT2D eigenvalue weighted by molar-refractivity contribution is 5.75.